The number of pyridine rings is 1. The van der Waals surface area contributed by atoms with Crippen molar-refractivity contribution in [1.29, 1.82) is 0 Å². The Balaban J connectivity index is 2.43. The number of hydrogen-bond donors (Lipinski definition) is 1. The summed E-state index contributed by atoms with van der Waals surface area (Å²) in [7, 11) is 0. The summed E-state index contributed by atoms with van der Waals surface area (Å²) in [5.41, 5.74) is 3.19. The van der Waals surface area contributed by atoms with Gasteiger partial charge in [0.2, 0.25) is 0 Å². The largest absolute Gasteiger partial charge is 0.329 e. The average Bonchev–Trinajstić information content (AvgIpc) is 2.66. The number of imidazole rings is 1. The molecule has 0 atom stereocenters. The maximum atomic E-state index is 5.41. The van der Waals surface area contributed by atoms with Gasteiger partial charge in [-0.2, -0.15) is 0 Å². The van der Waals surface area contributed by atoms with Crippen molar-refractivity contribution in [3.8, 4) is 0 Å². The SMILES string of the molecule is CC(C)Cn1c(=S)[nH]c2cnc3ccccc3c21. The summed E-state index contributed by atoms with van der Waals surface area (Å²) in [5, 5.41) is 1.16. The quantitative estimate of drug-likeness (QED) is 0.706. The minimum Gasteiger partial charge on any atom is -0.329 e. The Kier molecular flexibility index (Phi) is 2.67. The topological polar surface area (TPSA) is 33.6 Å². The highest BCUT2D eigenvalue weighted by Gasteiger charge is 2.10. The van der Waals surface area contributed by atoms with Gasteiger partial charge in [-0.05, 0) is 24.2 Å². The molecule has 0 saturated carbocycles. The number of hydrogen-bond acceptors (Lipinski definition) is 2. The minimum absolute atomic E-state index is 0.558. The van der Waals surface area contributed by atoms with E-state index in [2.05, 4.69) is 34.4 Å². The van der Waals surface area contributed by atoms with Gasteiger partial charge in [-0.3, -0.25) is 4.98 Å². The lowest BCUT2D eigenvalue weighted by atomic mass is 10.2. The van der Waals surface area contributed by atoms with Gasteiger partial charge in [0.1, 0.15) is 0 Å². The molecule has 0 spiro atoms. The number of aromatic amines is 1. The first-order valence-electron chi connectivity index (χ1n) is 6.13. The lowest BCUT2D eigenvalue weighted by Crippen LogP contribution is -2.04. The minimum atomic E-state index is 0.558. The summed E-state index contributed by atoms with van der Waals surface area (Å²) in [6.45, 7) is 5.32. The van der Waals surface area contributed by atoms with Crippen LogP contribution in [0, 0.1) is 10.7 Å². The van der Waals surface area contributed by atoms with Crippen LogP contribution in [0.3, 0.4) is 0 Å². The van der Waals surface area contributed by atoms with E-state index in [1.165, 1.54) is 5.52 Å². The molecule has 0 unspecified atom stereocenters. The average molecular weight is 257 g/mol. The van der Waals surface area contributed by atoms with E-state index in [-0.39, 0.29) is 0 Å². The normalized spacial score (nSPS) is 11.7. The molecule has 2 aromatic heterocycles. The van der Waals surface area contributed by atoms with Crippen LogP contribution in [0.15, 0.2) is 30.5 Å². The van der Waals surface area contributed by atoms with Crippen molar-refractivity contribution in [3.05, 3.63) is 35.2 Å². The lowest BCUT2D eigenvalue weighted by Gasteiger charge is -2.08. The predicted molar refractivity (Wildman–Crippen MR) is 77.3 cm³/mol. The Hall–Kier alpha value is -1.68. The van der Waals surface area contributed by atoms with Gasteiger partial charge in [0.05, 0.1) is 22.7 Å². The fourth-order valence-corrected chi connectivity index (χ4v) is 2.61. The van der Waals surface area contributed by atoms with E-state index in [1.54, 1.807) is 0 Å². The molecule has 0 bridgehead atoms. The van der Waals surface area contributed by atoms with E-state index in [0.29, 0.717) is 5.92 Å². The molecule has 0 fully saturated rings. The third-order valence-corrected chi connectivity index (χ3v) is 3.37. The fraction of sp³-hybridized carbons (Fsp3) is 0.286. The van der Waals surface area contributed by atoms with Crippen LogP contribution < -0.4 is 0 Å². The Morgan fingerprint density at radius 3 is 2.89 bits per heavy atom. The van der Waals surface area contributed by atoms with E-state index < -0.39 is 0 Å². The van der Waals surface area contributed by atoms with Crippen LogP contribution in [0.25, 0.3) is 21.9 Å². The molecule has 1 N–H and O–H groups in total. The number of nitrogens with zero attached hydrogens (tertiary/aromatic N) is 2. The van der Waals surface area contributed by atoms with Crippen LogP contribution in [0.4, 0.5) is 0 Å². The summed E-state index contributed by atoms with van der Waals surface area (Å²) in [6.07, 6.45) is 1.87. The highest BCUT2D eigenvalue weighted by molar-refractivity contribution is 7.71. The molecule has 4 heteroatoms. The molecule has 0 saturated heterocycles. The van der Waals surface area contributed by atoms with Crippen molar-refractivity contribution in [2.75, 3.05) is 0 Å². The van der Waals surface area contributed by atoms with Crippen molar-refractivity contribution in [1.82, 2.24) is 14.5 Å². The van der Waals surface area contributed by atoms with E-state index in [9.17, 15) is 0 Å². The molecule has 0 amide bonds. The Bertz CT molecular complexity index is 767. The molecule has 0 aliphatic heterocycles. The van der Waals surface area contributed by atoms with E-state index in [0.717, 1.165) is 27.7 Å². The number of H-pyrrole nitrogens is 1. The second-order valence-electron chi connectivity index (χ2n) is 4.97. The third kappa shape index (κ3) is 1.73. The van der Waals surface area contributed by atoms with Crippen molar-refractivity contribution in [2.24, 2.45) is 5.92 Å². The van der Waals surface area contributed by atoms with Crippen LogP contribution >= 0.6 is 12.2 Å². The molecular formula is C14H15N3S. The predicted octanol–water partition coefficient (Wildman–Crippen LogP) is 3.90. The molecule has 3 nitrogen and oxygen atoms in total. The summed E-state index contributed by atoms with van der Waals surface area (Å²) < 4.78 is 2.95. The summed E-state index contributed by atoms with van der Waals surface area (Å²) in [6, 6.07) is 8.18. The van der Waals surface area contributed by atoms with Crippen molar-refractivity contribution >= 4 is 34.2 Å². The lowest BCUT2D eigenvalue weighted by molar-refractivity contribution is 0.529. The first-order chi connectivity index (χ1) is 8.66. The van der Waals surface area contributed by atoms with Gasteiger partial charge < -0.3 is 9.55 Å². The van der Waals surface area contributed by atoms with Gasteiger partial charge in [0.15, 0.2) is 4.77 Å². The zero-order chi connectivity index (χ0) is 12.7. The Morgan fingerprint density at radius 2 is 2.11 bits per heavy atom. The molecule has 0 aliphatic rings. The molecule has 92 valence electrons. The molecular weight excluding hydrogens is 242 g/mol. The zero-order valence-electron chi connectivity index (χ0n) is 10.5. The van der Waals surface area contributed by atoms with Crippen molar-refractivity contribution in [3.63, 3.8) is 0 Å². The van der Waals surface area contributed by atoms with Crippen LogP contribution in [-0.2, 0) is 6.54 Å². The summed E-state index contributed by atoms with van der Waals surface area (Å²) in [5.74, 6) is 0.558. The van der Waals surface area contributed by atoms with Gasteiger partial charge in [-0.25, -0.2) is 0 Å². The van der Waals surface area contributed by atoms with Gasteiger partial charge >= 0.3 is 0 Å². The molecule has 3 aromatic rings. The number of para-hydroxylation sites is 1. The second kappa shape index (κ2) is 4.21. The Labute approximate surface area is 110 Å². The fourth-order valence-electron chi connectivity index (χ4n) is 2.33. The number of aromatic nitrogens is 3. The molecule has 0 aliphatic carbocycles. The number of rotatable bonds is 2. The van der Waals surface area contributed by atoms with Crippen LogP contribution in [-0.4, -0.2) is 14.5 Å². The zero-order valence-corrected chi connectivity index (χ0v) is 11.3. The molecule has 18 heavy (non-hydrogen) atoms. The number of fused-ring (bicyclic) bond motifs is 3. The smallest absolute Gasteiger partial charge is 0.178 e. The van der Waals surface area contributed by atoms with Crippen LogP contribution in [0.5, 0.6) is 0 Å². The molecule has 0 radical (unpaired) electrons. The summed E-state index contributed by atoms with van der Waals surface area (Å²) >= 11 is 5.41. The van der Waals surface area contributed by atoms with E-state index in [1.807, 2.05) is 24.4 Å². The van der Waals surface area contributed by atoms with Gasteiger partial charge in [0, 0.05) is 11.9 Å². The Morgan fingerprint density at radius 1 is 1.33 bits per heavy atom. The van der Waals surface area contributed by atoms with E-state index >= 15 is 0 Å². The van der Waals surface area contributed by atoms with Crippen molar-refractivity contribution < 1.29 is 0 Å². The second-order valence-corrected chi connectivity index (χ2v) is 5.36. The summed E-state index contributed by atoms with van der Waals surface area (Å²) in [4.78, 5) is 7.69. The van der Waals surface area contributed by atoms with Crippen LogP contribution in [0.2, 0.25) is 0 Å². The van der Waals surface area contributed by atoms with Crippen LogP contribution in [0.1, 0.15) is 13.8 Å². The maximum Gasteiger partial charge on any atom is 0.178 e. The highest BCUT2D eigenvalue weighted by atomic mass is 32.1. The first kappa shape index (κ1) is 11.4. The van der Waals surface area contributed by atoms with E-state index in [4.69, 9.17) is 12.2 Å². The number of benzene rings is 1. The standard InChI is InChI=1S/C14H15N3S/c1-9(2)8-17-13-10-5-3-4-6-11(10)15-7-12(13)16-14(17)18/h3-7,9H,8H2,1-2H3,(H,16,18). The van der Waals surface area contributed by atoms with Crippen molar-refractivity contribution in [2.45, 2.75) is 20.4 Å². The highest BCUT2D eigenvalue weighted by Crippen LogP contribution is 2.24. The van der Waals surface area contributed by atoms with Gasteiger partial charge in [-0.15, -0.1) is 0 Å². The van der Waals surface area contributed by atoms with Gasteiger partial charge in [0.25, 0.3) is 0 Å². The molecule has 1 aromatic carbocycles. The molecule has 3 rings (SSSR count). The first-order valence-corrected chi connectivity index (χ1v) is 6.54. The third-order valence-electron chi connectivity index (χ3n) is 3.05. The number of nitrogens with one attached hydrogen (secondary N) is 1. The molecule has 2 heterocycles. The van der Waals surface area contributed by atoms with Gasteiger partial charge in [-0.1, -0.05) is 32.0 Å². The monoisotopic (exact) mass is 257 g/mol. The maximum absolute atomic E-state index is 5.41.